The van der Waals surface area contributed by atoms with Crippen molar-refractivity contribution < 1.29 is 9.50 Å². The molecule has 1 aromatic rings. The molecular formula is C10H12FNO. The van der Waals surface area contributed by atoms with Crippen molar-refractivity contribution in [3.05, 3.63) is 47.8 Å². The highest BCUT2D eigenvalue weighted by molar-refractivity contribution is 5.32. The minimum absolute atomic E-state index is 0.214. The van der Waals surface area contributed by atoms with Crippen LogP contribution in [0, 0.1) is 5.82 Å². The van der Waals surface area contributed by atoms with Gasteiger partial charge in [-0.15, -0.1) is 6.58 Å². The summed E-state index contributed by atoms with van der Waals surface area (Å²) in [6, 6.07) is 3.80. The Bertz CT molecular complexity index is 312. The lowest BCUT2D eigenvalue weighted by molar-refractivity contribution is 0.279. The molecule has 0 bridgehead atoms. The number of rotatable bonds is 3. The van der Waals surface area contributed by atoms with E-state index in [1.54, 1.807) is 12.1 Å². The lowest BCUT2D eigenvalue weighted by Gasteiger charge is -2.11. The lowest BCUT2D eigenvalue weighted by atomic mass is 10.0. The van der Waals surface area contributed by atoms with Gasteiger partial charge in [0.2, 0.25) is 0 Å². The van der Waals surface area contributed by atoms with Crippen molar-refractivity contribution in [2.24, 2.45) is 5.73 Å². The molecule has 0 spiro atoms. The Hall–Kier alpha value is -1.19. The normalized spacial score (nSPS) is 12.5. The Kier molecular flexibility index (Phi) is 3.17. The van der Waals surface area contributed by atoms with Gasteiger partial charge in [-0.1, -0.05) is 12.1 Å². The van der Waals surface area contributed by atoms with E-state index >= 15 is 0 Å². The van der Waals surface area contributed by atoms with E-state index in [9.17, 15) is 4.39 Å². The maximum absolute atomic E-state index is 12.7. The van der Waals surface area contributed by atoms with E-state index in [1.165, 1.54) is 12.1 Å². The first-order valence-corrected chi connectivity index (χ1v) is 3.96. The van der Waals surface area contributed by atoms with E-state index < -0.39 is 0 Å². The molecule has 3 heteroatoms. The summed E-state index contributed by atoms with van der Waals surface area (Å²) >= 11 is 0. The van der Waals surface area contributed by atoms with Crippen LogP contribution in [-0.2, 0) is 6.61 Å². The van der Waals surface area contributed by atoms with E-state index in [0.717, 1.165) is 0 Å². The van der Waals surface area contributed by atoms with Crippen LogP contribution in [0.1, 0.15) is 17.2 Å². The number of aliphatic hydroxyl groups excluding tert-OH is 1. The fourth-order valence-corrected chi connectivity index (χ4v) is 1.16. The van der Waals surface area contributed by atoms with Crippen LogP contribution in [0.2, 0.25) is 0 Å². The zero-order valence-corrected chi connectivity index (χ0v) is 7.20. The molecule has 0 amide bonds. The largest absolute Gasteiger partial charge is 0.392 e. The predicted octanol–water partition coefficient (Wildman–Crippen LogP) is 1.50. The Labute approximate surface area is 76.5 Å². The highest BCUT2D eigenvalue weighted by atomic mass is 19.1. The van der Waals surface area contributed by atoms with Crippen LogP contribution in [0.25, 0.3) is 0 Å². The fourth-order valence-electron chi connectivity index (χ4n) is 1.16. The quantitative estimate of drug-likeness (QED) is 0.694. The monoisotopic (exact) mass is 181 g/mol. The van der Waals surface area contributed by atoms with Crippen molar-refractivity contribution in [1.29, 1.82) is 0 Å². The summed E-state index contributed by atoms with van der Waals surface area (Å²) in [5.41, 5.74) is 6.88. The molecule has 1 aromatic carbocycles. The van der Waals surface area contributed by atoms with Gasteiger partial charge < -0.3 is 10.8 Å². The van der Waals surface area contributed by atoms with Crippen LogP contribution >= 0.6 is 0 Å². The van der Waals surface area contributed by atoms with Crippen LogP contribution in [0.3, 0.4) is 0 Å². The van der Waals surface area contributed by atoms with E-state index in [1.807, 2.05) is 0 Å². The molecule has 0 radical (unpaired) electrons. The van der Waals surface area contributed by atoms with Crippen LogP contribution in [0.5, 0.6) is 0 Å². The summed E-state index contributed by atoms with van der Waals surface area (Å²) < 4.78 is 12.7. The molecule has 70 valence electrons. The summed E-state index contributed by atoms with van der Waals surface area (Å²) in [7, 11) is 0. The van der Waals surface area contributed by atoms with Gasteiger partial charge in [0.1, 0.15) is 5.82 Å². The third kappa shape index (κ3) is 2.14. The van der Waals surface area contributed by atoms with E-state index in [4.69, 9.17) is 10.8 Å². The molecule has 0 saturated heterocycles. The number of hydrogen-bond acceptors (Lipinski definition) is 2. The molecule has 0 saturated carbocycles. The Morgan fingerprint density at radius 1 is 1.62 bits per heavy atom. The Balaban J connectivity index is 3.12. The van der Waals surface area contributed by atoms with Gasteiger partial charge in [0, 0.05) is 6.04 Å². The number of hydrogen-bond donors (Lipinski definition) is 2. The molecule has 0 aliphatic rings. The summed E-state index contributed by atoms with van der Waals surface area (Å²) in [6.45, 7) is 3.32. The zero-order chi connectivity index (χ0) is 9.84. The van der Waals surface area contributed by atoms with Crippen LogP contribution in [0.4, 0.5) is 4.39 Å². The van der Waals surface area contributed by atoms with E-state index in [-0.39, 0.29) is 18.5 Å². The van der Waals surface area contributed by atoms with Gasteiger partial charge in [-0.05, 0) is 23.3 Å². The smallest absolute Gasteiger partial charge is 0.123 e. The molecule has 0 fully saturated rings. The van der Waals surface area contributed by atoms with Gasteiger partial charge in [-0.2, -0.15) is 0 Å². The van der Waals surface area contributed by atoms with Crippen molar-refractivity contribution in [3.63, 3.8) is 0 Å². The minimum Gasteiger partial charge on any atom is -0.392 e. The molecule has 3 N–H and O–H groups in total. The minimum atomic E-state index is -0.371. The molecule has 1 rings (SSSR count). The average molecular weight is 181 g/mol. The molecular weight excluding hydrogens is 169 g/mol. The highest BCUT2D eigenvalue weighted by Gasteiger charge is 2.07. The van der Waals surface area contributed by atoms with Gasteiger partial charge in [0.25, 0.3) is 0 Å². The molecule has 1 atom stereocenters. The first kappa shape index (κ1) is 9.89. The molecule has 13 heavy (non-hydrogen) atoms. The van der Waals surface area contributed by atoms with Crippen LogP contribution < -0.4 is 5.73 Å². The van der Waals surface area contributed by atoms with E-state index in [2.05, 4.69) is 6.58 Å². The number of aliphatic hydroxyl groups is 1. The molecule has 0 aliphatic heterocycles. The Morgan fingerprint density at radius 3 is 2.85 bits per heavy atom. The third-order valence-corrected chi connectivity index (χ3v) is 1.89. The third-order valence-electron chi connectivity index (χ3n) is 1.89. The van der Waals surface area contributed by atoms with Gasteiger partial charge in [0.05, 0.1) is 6.61 Å². The molecule has 0 unspecified atom stereocenters. The van der Waals surface area contributed by atoms with Gasteiger partial charge in [0.15, 0.2) is 0 Å². The molecule has 0 aliphatic carbocycles. The van der Waals surface area contributed by atoms with Gasteiger partial charge in [-0.25, -0.2) is 4.39 Å². The van der Waals surface area contributed by atoms with Crippen molar-refractivity contribution in [1.82, 2.24) is 0 Å². The maximum atomic E-state index is 12.7. The Morgan fingerprint density at radius 2 is 2.31 bits per heavy atom. The second-order valence-electron chi connectivity index (χ2n) is 2.76. The molecule has 0 heterocycles. The summed E-state index contributed by atoms with van der Waals surface area (Å²) in [6.07, 6.45) is 1.55. The predicted molar refractivity (Wildman–Crippen MR) is 49.4 cm³/mol. The fraction of sp³-hybridized carbons (Fsp3) is 0.200. The second kappa shape index (κ2) is 4.16. The van der Waals surface area contributed by atoms with Crippen molar-refractivity contribution in [2.45, 2.75) is 12.6 Å². The number of nitrogens with two attached hydrogens (primary N) is 1. The molecule has 2 nitrogen and oxygen atoms in total. The number of benzene rings is 1. The first-order valence-electron chi connectivity index (χ1n) is 3.96. The van der Waals surface area contributed by atoms with E-state index in [0.29, 0.717) is 11.1 Å². The SMILES string of the molecule is C=C[C@@H](N)c1ccc(F)cc1CO. The molecule has 0 aromatic heterocycles. The number of halogens is 1. The van der Waals surface area contributed by atoms with Crippen molar-refractivity contribution >= 4 is 0 Å². The average Bonchev–Trinajstić information content (AvgIpc) is 2.16. The van der Waals surface area contributed by atoms with Crippen LogP contribution in [0.15, 0.2) is 30.9 Å². The topological polar surface area (TPSA) is 46.2 Å². The lowest BCUT2D eigenvalue weighted by Crippen LogP contribution is -2.09. The summed E-state index contributed by atoms with van der Waals surface area (Å²) in [5.74, 6) is -0.371. The van der Waals surface area contributed by atoms with Crippen molar-refractivity contribution in [3.8, 4) is 0 Å². The zero-order valence-electron chi connectivity index (χ0n) is 7.20. The van der Waals surface area contributed by atoms with Gasteiger partial charge in [-0.3, -0.25) is 0 Å². The van der Waals surface area contributed by atoms with Crippen molar-refractivity contribution in [2.75, 3.05) is 0 Å². The second-order valence-corrected chi connectivity index (χ2v) is 2.76. The van der Waals surface area contributed by atoms with Crippen LogP contribution in [-0.4, -0.2) is 5.11 Å². The summed E-state index contributed by atoms with van der Waals surface area (Å²) in [5, 5.41) is 8.93. The first-order chi connectivity index (χ1) is 6.19. The maximum Gasteiger partial charge on any atom is 0.123 e. The summed E-state index contributed by atoms with van der Waals surface area (Å²) in [4.78, 5) is 0. The highest BCUT2D eigenvalue weighted by Crippen LogP contribution is 2.18. The van der Waals surface area contributed by atoms with Gasteiger partial charge >= 0.3 is 0 Å². The standard InChI is InChI=1S/C10H12FNO/c1-2-10(12)9-4-3-8(11)5-7(9)6-13/h2-5,10,13H,1,6,12H2/t10-/m1/s1.